The average Bonchev–Trinajstić information content (AvgIpc) is 1.98. The molecular formula is C6H13FN2O2. The van der Waals surface area contributed by atoms with Gasteiger partial charge in [-0.1, -0.05) is 0 Å². The smallest absolute Gasteiger partial charge is 0.308 e. The molecule has 0 atom stereocenters. The minimum absolute atomic E-state index is 0.454. The van der Waals surface area contributed by atoms with Gasteiger partial charge in [0.05, 0.1) is 0 Å². The Labute approximate surface area is 65.4 Å². The Morgan fingerprint density at radius 2 is 1.91 bits per heavy atom. The molecule has 0 aliphatic heterocycles. The van der Waals surface area contributed by atoms with Crippen molar-refractivity contribution in [2.75, 3.05) is 34.2 Å². The number of hydrogen-bond donors (Lipinski definition) is 0. The highest BCUT2D eigenvalue weighted by Gasteiger charge is 2.09. The van der Waals surface area contributed by atoms with Gasteiger partial charge in [0.1, 0.15) is 0 Å². The van der Waals surface area contributed by atoms with Crippen molar-refractivity contribution < 1.29 is 14.3 Å². The molecule has 11 heavy (non-hydrogen) atoms. The van der Waals surface area contributed by atoms with E-state index in [-0.39, 0.29) is 0 Å². The van der Waals surface area contributed by atoms with E-state index in [1.807, 2.05) is 19.0 Å². The van der Waals surface area contributed by atoms with Crippen molar-refractivity contribution in [2.24, 2.45) is 0 Å². The Balaban J connectivity index is 3.52. The Hall–Kier alpha value is -0.840. The van der Waals surface area contributed by atoms with Crippen LogP contribution in [0.2, 0.25) is 0 Å². The predicted molar refractivity (Wildman–Crippen MR) is 38.8 cm³/mol. The Kier molecular flexibility index (Phi) is 4.52. The first kappa shape index (κ1) is 10.2. The van der Waals surface area contributed by atoms with Gasteiger partial charge >= 0.3 is 6.09 Å². The van der Waals surface area contributed by atoms with Crippen LogP contribution in [0, 0.1) is 0 Å². The lowest BCUT2D eigenvalue weighted by Crippen LogP contribution is -2.32. The molecular weight excluding hydrogens is 151 g/mol. The van der Waals surface area contributed by atoms with Gasteiger partial charge in [-0.15, -0.1) is 0 Å². The maximum absolute atomic E-state index is 11.3. The second-order valence-corrected chi connectivity index (χ2v) is 2.57. The molecule has 0 spiro atoms. The van der Waals surface area contributed by atoms with Crippen LogP contribution < -0.4 is 0 Å². The van der Waals surface area contributed by atoms with Crippen molar-refractivity contribution in [3.8, 4) is 0 Å². The standard InChI is InChI=1S/C6H13FN2O2/c1-8(2)4-5-9(3)6(10)11-7/h4-5H2,1-3H3. The zero-order valence-electron chi connectivity index (χ0n) is 7.00. The van der Waals surface area contributed by atoms with Gasteiger partial charge in [-0.3, -0.25) is 0 Å². The minimum atomic E-state index is -0.952. The van der Waals surface area contributed by atoms with Gasteiger partial charge in [-0.2, -0.15) is 0 Å². The Morgan fingerprint density at radius 3 is 2.27 bits per heavy atom. The molecule has 0 aliphatic rings. The fourth-order valence-electron chi connectivity index (χ4n) is 0.500. The average molecular weight is 164 g/mol. The van der Waals surface area contributed by atoms with Crippen LogP contribution >= 0.6 is 0 Å². The number of halogens is 1. The van der Waals surface area contributed by atoms with Crippen LogP contribution in [-0.2, 0) is 4.94 Å². The van der Waals surface area contributed by atoms with E-state index in [1.165, 1.54) is 11.9 Å². The number of nitrogens with zero attached hydrogens (tertiary/aromatic N) is 2. The SMILES string of the molecule is CN(C)CCN(C)C(=O)OF. The summed E-state index contributed by atoms with van der Waals surface area (Å²) in [7, 11) is 5.22. The second-order valence-electron chi connectivity index (χ2n) is 2.57. The summed E-state index contributed by atoms with van der Waals surface area (Å²) < 4.78 is 11.3. The van der Waals surface area contributed by atoms with E-state index in [4.69, 9.17) is 0 Å². The van der Waals surface area contributed by atoms with Gasteiger partial charge in [0.25, 0.3) is 0 Å². The summed E-state index contributed by atoms with van der Waals surface area (Å²) in [6, 6.07) is 0. The second kappa shape index (κ2) is 4.90. The summed E-state index contributed by atoms with van der Waals surface area (Å²) >= 11 is 0. The largest absolute Gasteiger partial charge is 0.447 e. The number of carbonyl (C=O) groups is 1. The van der Waals surface area contributed by atoms with Gasteiger partial charge in [-0.05, 0) is 14.1 Å². The molecule has 66 valence electrons. The zero-order chi connectivity index (χ0) is 8.85. The Bertz CT molecular complexity index is 130. The molecule has 0 fully saturated rings. The lowest BCUT2D eigenvalue weighted by atomic mass is 10.5. The summed E-state index contributed by atoms with van der Waals surface area (Å²) in [5, 5.41) is 0. The molecule has 0 saturated carbocycles. The van der Waals surface area contributed by atoms with Crippen molar-refractivity contribution in [1.29, 1.82) is 0 Å². The van der Waals surface area contributed by atoms with Gasteiger partial charge < -0.3 is 9.80 Å². The molecule has 0 heterocycles. The molecule has 0 aromatic rings. The molecule has 4 nitrogen and oxygen atoms in total. The third kappa shape index (κ3) is 4.55. The highest BCUT2D eigenvalue weighted by molar-refractivity contribution is 5.66. The quantitative estimate of drug-likeness (QED) is 0.609. The van der Waals surface area contributed by atoms with Crippen LogP contribution in [0.25, 0.3) is 0 Å². The normalized spacial score (nSPS) is 9.91. The third-order valence-electron chi connectivity index (χ3n) is 1.26. The number of likely N-dealkylation sites (N-methyl/N-ethyl adjacent to an activating group) is 2. The van der Waals surface area contributed by atoms with Crippen molar-refractivity contribution in [3.63, 3.8) is 0 Å². The molecule has 0 rings (SSSR count). The van der Waals surface area contributed by atoms with Gasteiger partial charge in [-0.25, -0.2) is 9.74 Å². The van der Waals surface area contributed by atoms with Crippen LogP contribution in [0.5, 0.6) is 0 Å². The monoisotopic (exact) mass is 164 g/mol. The summed E-state index contributed by atoms with van der Waals surface area (Å²) in [5.74, 6) is 0. The first-order valence-electron chi connectivity index (χ1n) is 3.26. The molecule has 0 radical (unpaired) electrons. The molecule has 0 aliphatic carbocycles. The van der Waals surface area contributed by atoms with Crippen molar-refractivity contribution >= 4 is 6.09 Å². The summed E-state index contributed by atoms with van der Waals surface area (Å²) in [6.07, 6.45) is -0.952. The van der Waals surface area contributed by atoms with Crippen molar-refractivity contribution in [1.82, 2.24) is 9.80 Å². The van der Waals surface area contributed by atoms with Gasteiger partial charge in [0.2, 0.25) is 0 Å². The lowest BCUT2D eigenvalue weighted by molar-refractivity contribution is -0.0772. The van der Waals surface area contributed by atoms with E-state index < -0.39 is 6.09 Å². The molecule has 0 saturated heterocycles. The first-order valence-corrected chi connectivity index (χ1v) is 3.26. The maximum Gasteiger partial charge on any atom is 0.447 e. The number of amides is 1. The highest BCUT2D eigenvalue weighted by Crippen LogP contribution is 1.90. The van der Waals surface area contributed by atoms with E-state index in [0.717, 1.165) is 0 Å². The maximum atomic E-state index is 11.3. The van der Waals surface area contributed by atoms with Gasteiger partial charge in [0, 0.05) is 24.7 Å². The summed E-state index contributed by atoms with van der Waals surface area (Å²) in [5.41, 5.74) is 0. The Morgan fingerprint density at radius 1 is 1.36 bits per heavy atom. The van der Waals surface area contributed by atoms with Crippen LogP contribution in [0.15, 0.2) is 0 Å². The van der Waals surface area contributed by atoms with Crippen LogP contribution in [0.3, 0.4) is 0 Å². The third-order valence-corrected chi connectivity index (χ3v) is 1.26. The lowest BCUT2D eigenvalue weighted by Gasteiger charge is -2.16. The van der Waals surface area contributed by atoms with Crippen LogP contribution in [0.1, 0.15) is 0 Å². The molecule has 0 unspecified atom stereocenters. The fourth-order valence-corrected chi connectivity index (χ4v) is 0.500. The van der Waals surface area contributed by atoms with Crippen molar-refractivity contribution in [3.05, 3.63) is 0 Å². The van der Waals surface area contributed by atoms with E-state index in [2.05, 4.69) is 4.94 Å². The predicted octanol–water partition coefficient (Wildman–Crippen LogP) is 0.501. The highest BCUT2D eigenvalue weighted by atomic mass is 19.3. The fraction of sp³-hybridized carbons (Fsp3) is 0.833. The van der Waals surface area contributed by atoms with Gasteiger partial charge in [0.15, 0.2) is 0 Å². The van der Waals surface area contributed by atoms with E-state index in [1.54, 1.807) is 0 Å². The summed E-state index contributed by atoms with van der Waals surface area (Å²) in [6.45, 7) is 1.14. The molecule has 1 amide bonds. The van der Waals surface area contributed by atoms with Crippen molar-refractivity contribution in [2.45, 2.75) is 0 Å². The zero-order valence-corrected chi connectivity index (χ0v) is 7.00. The van der Waals surface area contributed by atoms with E-state index >= 15 is 0 Å². The molecule has 0 N–H and O–H groups in total. The number of carbonyl (C=O) groups excluding carboxylic acids is 1. The minimum Gasteiger partial charge on any atom is -0.308 e. The van der Waals surface area contributed by atoms with Crippen LogP contribution in [0.4, 0.5) is 9.32 Å². The number of rotatable bonds is 3. The topological polar surface area (TPSA) is 32.8 Å². The van der Waals surface area contributed by atoms with E-state index in [9.17, 15) is 9.32 Å². The summed E-state index contributed by atoms with van der Waals surface area (Å²) in [4.78, 5) is 16.5. The van der Waals surface area contributed by atoms with Crippen LogP contribution in [-0.4, -0.2) is 50.1 Å². The molecule has 0 bridgehead atoms. The number of hydrogen-bond acceptors (Lipinski definition) is 3. The first-order chi connectivity index (χ1) is 5.07. The molecule has 0 aromatic heterocycles. The molecule has 5 heteroatoms. The molecule has 0 aromatic carbocycles. The van der Waals surface area contributed by atoms with E-state index in [0.29, 0.717) is 13.1 Å².